The third kappa shape index (κ3) is 5.86. The summed E-state index contributed by atoms with van der Waals surface area (Å²) in [5.41, 5.74) is 3.87. The summed E-state index contributed by atoms with van der Waals surface area (Å²) >= 11 is 0. The molecule has 6 heteroatoms. The first-order valence-corrected chi connectivity index (χ1v) is 11.9. The first-order chi connectivity index (χ1) is 17.3. The Hall–Kier alpha value is -3.29. The van der Waals surface area contributed by atoms with Gasteiger partial charge in [-0.1, -0.05) is 91.0 Å². The molecule has 2 heterocycles. The molecule has 3 aromatic carbocycles. The van der Waals surface area contributed by atoms with Gasteiger partial charge >= 0.3 is 0 Å². The Labute approximate surface area is 205 Å². The molecule has 0 radical (unpaired) electrons. The molecule has 5 rings (SSSR count). The molecular formula is C29H30N2O4. The van der Waals surface area contributed by atoms with E-state index in [0.29, 0.717) is 32.1 Å². The number of benzene rings is 3. The molecule has 1 aromatic heterocycles. The van der Waals surface area contributed by atoms with Gasteiger partial charge in [-0.2, -0.15) is 0 Å². The van der Waals surface area contributed by atoms with E-state index in [1.807, 2.05) is 89.6 Å². The van der Waals surface area contributed by atoms with Gasteiger partial charge in [0.1, 0.15) is 24.1 Å². The molecule has 0 aliphatic carbocycles. The third-order valence-electron chi connectivity index (χ3n) is 6.18. The Morgan fingerprint density at radius 2 is 1.23 bits per heavy atom. The van der Waals surface area contributed by atoms with Crippen LogP contribution in [0.4, 0.5) is 0 Å². The quantitative estimate of drug-likeness (QED) is 0.360. The molecule has 1 N–H and O–H groups in total. The van der Waals surface area contributed by atoms with E-state index in [-0.39, 0.29) is 18.8 Å². The van der Waals surface area contributed by atoms with Gasteiger partial charge in [0.25, 0.3) is 0 Å². The van der Waals surface area contributed by atoms with Crippen LogP contribution in [0.1, 0.15) is 34.3 Å². The normalized spacial score (nSPS) is 19.4. The van der Waals surface area contributed by atoms with Crippen LogP contribution in [0.25, 0.3) is 0 Å². The number of aliphatic hydroxyl groups is 1. The van der Waals surface area contributed by atoms with Crippen molar-refractivity contribution in [3.63, 3.8) is 0 Å². The Bertz CT molecular complexity index is 1180. The number of imidazole rings is 1. The Morgan fingerprint density at radius 3 is 1.77 bits per heavy atom. The van der Waals surface area contributed by atoms with Crippen molar-refractivity contribution in [3.05, 3.63) is 125 Å². The maximum atomic E-state index is 9.74. The average molecular weight is 471 g/mol. The van der Waals surface area contributed by atoms with E-state index < -0.39 is 6.10 Å². The van der Waals surface area contributed by atoms with Crippen LogP contribution in [-0.4, -0.2) is 26.9 Å². The maximum absolute atomic E-state index is 9.74. The highest BCUT2D eigenvalue weighted by atomic mass is 16.6. The van der Waals surface area contributed by atoms with Crippen LogP contribution in [0.15, 0.2) is 97.2 Å². The monoisotopic (exact) mass is 470 g/mol. The number of rotatable bonds is 10. The number of fused-ring (bicyclic) bond motifs is 1. The van der Waals surface area contributed by atoms with Crippen molar-refractivity contribution in [1.82, 2.24) is 9.55 Å². The molecule has 0 saturated carbocycles. The molecule has 0 bridgehead atoms. The Kier molecular flexibility index (Phi) is 7.66. The summed E-state index contributed by atoms with van der Waals surface area (Å²) < 4.78 is 21.4. The van der Waals surface area contributed by atoms with Crippen molar-refractivity contribution in [2.45, 2.75) is 51.3 Å². The lowest BCUT2D eigenvalue weighted by molar-refractivity contribution is -0.171. The van der Waals surface area contributed by atoms with Gasteiger partial charge in [-0.3, -0.25) is 0 Å². The second kappa shape index (κ2) is 11.4. The van der Waals surface area contributed by atoms with Gasteiger partial charge in [0, 0.05) is 6.20 Å². The number of aromatic nitrogens is 2. The predicted octanol–water partition coefficient (Wildman–Crippen LogP) is 4.82. The van der Waals surface area contributed by atoms with Crippen molar-refractivity contribution in [1.29, 1.82) is 0 Å². The van der Waals surface area contributed by atoms with Crippen LogP contribution < -0.4 is 0 Å². The highest BCUT2D eigenvalue weighted by Gasteiger charge is 2.41. The van der Waals surface area contributed by atoms with Crippen molar-refractivity contribution >= 4 is 0 Å². The lowest BCUT2D eigenvalue weighted by atomic mass is 10.0. The largest absolute Gasteiger partial charge is 0.390 e. The van der Waals surface area contributed by atoms with Crippen molar-refractivity contribution in [3.8, 4) is 0 Å². The van der Waals surface area contributed by atoms with Crippen molar-refractivity contribution < 1.29 is 19.3 Å². The van der Waals surface area contributed by atoms with Gasteiger partial charge in [-0.05, 0) is 16.7 Å². The van der Waals surface area contributed by atoms with Gasteiger partial charge in [0.15, 0.2) is 0 Å². The Balaban J connectivity index is 1.42. The second-order valence-corrected chi connectivity index (χ2v) is 8.71. The zero-order chi connectivity index (χ0) is 23.9. The average Bonchev–Trinajstić information content (AvgIpc) is 3.34. The zero-order valence-corrected chi connectivity index (χ0v) is 19.6. The Morgan fingerprint density at radius 1 is 0.714 bits per heavy atom. The molecule has 6 nitrogen and oxygen atoms in total. The third-order valence-corrected chi connectivity index (χ3v) is 6.18. The summed E-state index contributed by atoms with van der Waals surface area (Å²) in [6.45, 7) is 1.77. The van der Waals surface area contributed by atoms with Crippen LogP contribution in [0.3, 0.4) is 0 Å². The van der Waals surface area contributed by atoms with Crippen molar-refractivity contribution in [2.75, 3.05) is 0 Å². The summed E-state index contributed by atoms with van der Waals surface area (Å²) in [7, 11) is 0. The number of hydrogen-bond donors (Lipinski definition) is 1. The van der Waals surface area contributed by atoms with Crippen LogP contribution in [0.5, 0.6) is 0 Å². The molecule has 4 aromatic rings. The lowest BCUT2D eigenvalue weighted by Crippen LogP contribution is -2.45. The number of nitrogens with zero attached hydrogens (tertiary/aromatic N) is 2. The topological polar surface area (TPSA) is 65.7 Å². The first-order valence-electron chi connectivity index (χ1n) is 11.9. The van der Waals surface area contributed by atoms with Crippen LogP contribution in [-0.2, 0) is 47.2 Å². The molecule has 0 amide bonds. The van der Waals surface area contributed by atoms with Gasteiger partial charge in [0.05, 0.1) is 38.7 Å². The summed E-state index contributed by atoms with van der Waals surface area (Å²) in [6.07, 6.45) is 0.797. The summed E-state index contributed by atoms with van der Waals surface area (Å²) in [4.78, 5) is 4.67. The van der Waals surface area contributed by atoms with E-state index in [0.717, 1.165) is 22.5 Å². The fraction of sp³-hybridized carbons (Fsp3) is 0.276. The highest BCUT2D eigenvalue weighted by Crippen LogP contribution is 2.34. The molecule has 1 aliphatic rings. The summed E-state index contributed by atoms with van der Waals surface area (Å²) in [6, 6.07) is 30.3. The molecule has 1 aliphatic heterocycles. The van der Waals surface area contributed by atoms with Crippen LogP contribution in [0, 0.1) is 0 Å². The summed E-state index contributed by atoms with van der Waals surface area (Å²) in [5.74, 6) is 0.752. The molecule has 35 heavy (non-hydrogen) atoms. The minimum Gasteiger partial charge on any atom is -0.390 e. The minimum atomic E-state index is -0.450. The van der Waals surface area contributed by atoms with Gasteiger partial charge in [-0.15, -0.1) is 0 Å². The first kappa shape index (κ1) is 23.5. The predicted molar refractivity (Wildman–Crippen MR) is 132 cm³/mol. The second-order valence-electron chi connectivity index (χ2n) is 8.71. The van der Waals surface area contributed by atoms with E-state index >= 15 is 0 Å². The molecular weight excluding hydrogens is 440 g/mol. The van der Waals surface area contributed by atoms with Crippen LogP contribution in [0.2, 0.25) is 0 Å². The fourth-order valence-corrected chi connectivity index (χ4v) is 4.39. The zero-order valence-electron chi connectivity index (χ0n) is 19.6. The highest BCUT2D eigenvalue weighted by molar-refractivity contribution is 5.17. The molecule has 0 fully saturated rings. The van der Waals surface area contributed by atoms with Crippen molar-refractivity contribution in [2.24, 2.45) is 0 Å². The van der Waals surface area contributed by atoms with E-state index in [1.54, 1.807) is 0 Å². The summed E-state index contributed by atoms with van der Waals surface area (Å²) in [5, 5.41) is 9.74. The van der Waals surface area contributed by atoms with E-state index in [2.05, 4.69) is 17.1 Å². The van der Waals surface area contributed by atoms with E-state index in [9.17, 15) is 5.11 Å². The fourth-order valence-electron chi connectivity index (χ4n) is 4.39. The smallest absolute Gasteiger partial charge is 0.144 e. The van der Waals surface area contributed by atoms with E-state index in [4.69, 9.17) is 14.2 Å². The number of ether oxygens (including phenoxy) is 3. The molecule has 180 valence electrons. The van der Waals surface area contributed by atoms with Gasteiger partial charge < -0.3 is 23.9 Å². The molecule has 0 unspecified atom stereocenters. The number of aliphatic hydroxyl groups excluding tert-OH is 1. The van der Waals surface area contributed by atoms with E-state index in [1.165, 1.54) is 0 Å². The molecule has 0 saturated heterocycles. The maximum Gasteiger partial charge on any atom is 0.144 e. The minimum absolute atomic E-state index is 0.128. The molecule has 3 atom stereocenters. The van der Waals surface area contributed by atoms with Gasteiger partial charge in [0.2, 0.25) is 0 Å². The standard InChI is InChI=1S/C29H30N2O4/c32-18-25-16-31-17-26(33-19-22-10-4-1-5-11-22)27(34-20-23-12-6-2-7-13-23)28(29(31)30-25)35-21-24-14-8-3-9-15-24/h1-16,26-28,32H,17-21H2/t26-,27-,28+/m0/s1. The van der Waals surface area contributed by atoms with Gasteiger partial charge in [-0.25, -0.2) is 4.98 Å². The lowest BCUT2D eigenvalue weighted by Gasteiger charge is -2.38. The number of hydrogen-bond acceptors (Lipinski definition) is 5. The molecule has 0 spiro atoms. The SMILES string of the molecule is OCc1cn2c(n1)[C@H](OCc1ccccc1)[C@@H](OCc1ccccc1)[C@@H](OCc1ccccc1)C2. The van der Waals surface area contributed by atoms with Crippen LogP contribution >= 0.6 is 0 Å².